The minimum Gasteiger partial charge on any atom is -0.326 e. The molecule has 0 aliphatic carbocycles. The molecule has 22 heavy (non-hydrogen) atoms. The van der Waals surface area contributed by atoms with E-state index in [1.165, 1.54) is 0 Å². The summed E-state index contributed by atoms with van der Waals surface area (Å²) in [4.78, 5) is 20.5. The lowest BCUT2D eigenvalue weighted by Gasteiger charge is -2.04. The minimum absolute atomic E-state index is 0.133. The lowest BCUT2D eigenvalue weighted by Crippen LogP contribution is -2.15. The van der Waals surface area contributed by atoms with Crippen LogP contribution in [0.25, 0.3) is 11.5 Å². The summed E-state index contributed by atoms with van der Waals surface area (Å²) in [6.07, 6.45) is 1.81. The third kappa shape index (κ3) is 3.35. The Morgan fingerprint density at radius 2 is 2.14 bits per heavy atom. The third-order valence-corrected chi connectivity index (χ3v) is 3.06. The highest BCUT2D eigenvalue weighted by Crippen LogP contribution is 2.12. The van der Waals surface area contributed by atoms with Crippen molar-refractivity contribution in [3.05, 3.63) is 60.0 Å². The number of H-pyrrole nitrogens is 1. The van der Waals surface area contributed by atoms with Crippen molar-refractivity contribution < 1.29 is 4.79 Å². The zero-order valence-electron chi connectivity index (χ0n) is 12.1. The molecular weight excluding hydrogens is 278 g/mol. The predicted octanol–water partition coefficient (Wildman–Crippen LogP) is 2.36. The number of anilines is 1. The molecule has 1 amide bonds. The van der Waals surface area contributed by atoms with Crippen LogP contribution in [0.5, 0.6) is 0 Å². The van der Waals surface area contributed by atoms with Gasteiger partial charge in [0.15, 0.2) is 5.82 Å². The second kappa shape index (κ2) is 6.17. The average molecular weight is 293 g/mol. The Labute approximate surface area is 127 Å². The summed E-state index contributed by atoms with van der Waals surface area (Å²) in [6.45, 7) is 1.98. The van der Waals surface area contributed by atoms with Crippen LogP contribution in [0.4, 0.5) is 5.69 Å². The van der Waals surface area contributed by atoms with Crippen molar-refractivity contribution in [3.63, 3.8) is 0 Å². The molecule has 0 aliphatic heterocycles. The Hall–Kier alpha value is -3.02. The summed E-state index contributed by atoms with van der Waals surface area (Å²) in [5.74, 6) is 0.846. The van der Waals surface area contributed by atoms with Crippen molar-refractivity contribution in [1.29, 1.82) is 0 Å². The maximum absolute atomic E-state index is 12.0. The molecule has 0 spiro atoms. The molecule has 0 aliphatic rings. The number of hydrogen-bond acceptors (Lipinski definition) is 4. The second-order valence-electron chi connectivity index (χ2n) is 4.92. The fourth-order valence-electron chi connectivity index (χ4n) is 2.06. The standard InChI is InChI=1S/C16H15N5O/c1-11-5-4-6-12(9-11)18-15(22)10-14-19-16(21-20-14)13-7-2-3-8-17-13/h2-9H,10H2,1H3,(H,18,22)(H,19,20,21). The largest absolute Gasteiger partial charge is 0.326 e. The van der Waals surface area contributed by atoms with Gasteiger partial charge in [-0.25, -0.2) is 4.98 Å². The molecule has 3 rings (SSSR count). The SMILES string of the molecule is Cc1cccc(NC(=O)Cc2nc(-c3ccccn3)n[nH]2)c1. The fourth-order valence-corrected chi connectivity index (χ4v) is 2.06. The van der Waals surface area contributed by atoms with E-state index in [1.807, 2.05) is 49.4 Å². The first-order valence-corrected chi connectivity index (χ1v) is 6.90. The van der Waals surface area contributed by atoms with Crippen LogP contribution in [0.3, 0.4) is 0 Å². The van der Waals surface area contributed by atoms with E-state index in [9.17, 15) is 4.79 Å². The fraction of sp³-hybridized carbons (Fsp3) is 0.125. The molecule has 2 N–H and O–H groups in total. The van der Waals surface area contributed by atoms with Crippen molar-refractivity contribution in [3.8, 4) is 11.5 Å². The van der Waals surface area contributed by atoms with Gasteiger partial charge >= 0.3 is 0 Å². The number of nitrogens with zero attached hydrogens (tertiary/aromatic N) is 3. The molecule has 0 radical (unpaired) electrons. The van der Waals surface area contributed by atoms with Crippen LogP contribution in [-0.2, 0) is 11.2 Å². The molecular formula is C16H15N5O. The van der Waals surface area contributed by atoms with Crippen LogP contribution in [0.2, 0.25) is 0 Å². The number of carbonyl (C=O) groups excluding carboxylic acids is 1. The van der Waals surface area contributed by atoms with Crippen LogP contribution in [0.15, 0.2) is 48.7 Å². The first kappa shape index (κ1) is 13.9. The second-order valence-corrected chi connectivity index (χ2v) is 4.92. The molecule has 110 valence electrons. The summed E-state index contributed by atoms with van der Waals surface area (Å²) < 4.78 is 0. The first-order chi connectivity index (χ1) is 10.7. The van der Waals surface area contributed by atoms with Crippen LogP contribution < -0.4 is 5.32 Å². The van der Waals surface area contributed by atoms with Crippen molar-refractivity contribution in [2.75, 3.05) is 5.32 Å². The number of benzene rings is 1. The molecule has 0 unspecified atom stereocenters. The van der Waals surface area contributed by atoms with Crippen LogP contribution in [0, 0.1) is 6.92 Å². The molecule has 0 saturated carbocycles. The molecule has 6 nitrogen and oxygen atoms in total. The maximum Gasteiger partial charge on any atom is 0.232 e. The zero-order valence-corrected chi connectivity index (χ0v) is 12.1. The molecule has 0 atom stereocenters. The van der Waals surface area contributed by atoms with Gasteiger partial charge in [-0.2, -0.15) is 5.10 Å². The smallest absolute Gasteiger partial charge is 0.232 e. The van der Waals surface area contributed by atoms with E-state index in [1.54, 1.807) is 6.20 Å². The van der Waals surface area contributed by atoms with E-state index < -0.39 is 0 Å². The Morgan fingerprint density at radius 3 is 2.91 bits per heavy atom. The maximum atomic E-state index is 12.0. The third-order valence-electron chi connectivity index (χ3n) is 3.06. The number of hydrogen-bond donors (Lipinski definition) is 2. The van der Waals surface area contributed by atoms with Crippen LogP contribution in [-0.4, -0.2) is 26.1 Å². The van der Waals surface area contributed by atoms with Crippen molar-refractivity contribution in [1.82, 2.24) is 20.2 Å². The molecule has 1 aromatic carbocycles. The molecule has 6 heteroatoms. The molecule has 0 fully saturated rings. The van der Waals surface area contributed by atoms with Gasteiger partial charge in [0.05, 0.1) is 6.42 Å². The zero-order chi connectivity index (χ0) is 15.4. The van der Waals surface area contributed by atoms with Gasteiger partial charge in [0.25, 0.3) is 0 Å². The van der Waals surface area contributed by atoms with E-state index >= 15 is 0 Å². The number of aryl methyl sites for hydroxylation is 1. The summed E-state index contributed by atoms with van der Waals surface area (Å²) >= 11 is 0. The average Bonchev–Trinajstić information content (AvgIpc) is 2.96. The highest BCUT2D eigenvalue weighted by atomic mass is 16.1. The Morgan fingerprint density at radius 1 is 1.23 bits per heavy atom. The highest BCUT2D eigenvalue weighted by molar-refractivity contribution is 5.91. The first-order valence-electron chi connectivity index (χ1n) is 6.90. The number of aromatic nitrogens is 4. The van der Waals surface area contributed by atoms with Gasteiger partial charge in [0, 0.05) is 11.9 Å². The number of rotatable bonds is 4. The van der Waals surface area contributed by atoms with E-state index in [0.717, 1.165) is 11.3 Å². The number of aromatic amines is 1. The number of pyridine rings is 1. The summed E-state index contributed by atoms with van der Waals surface area (Å²) in [5.41, 5.74) is 2.54. The monoisotopic (exact) mass is 293 g/mol. The van der Waals surface area contributed by atoms with Crippen molar-refractivity contribution >= 4 is 11.6 Å². The quantitative estimate of drug-likeness (QED) is 0.773. The Balaban J connectivity index is 1.66. The lowest BCUT2D eigenvalue weighted by atomic mass is 10.2. The molecule has 3 aromatic rings. The van der Waals surface area contributed by atoms with Gasteiger partial charge in [-0.3, -0.25) is 14.9 Å². The van der Waals surface area contributed by atoms with Gasteiger partial charge in [0.1, 0.15) is 11.5 Å². The van der Waals surface area contributed by atoms with Gasteiger partial charge < -0.3 is 5.32 Å². The van der Waals surface area contributed by atoms with Crippen molar-refractivity contribution in [2.45, 2.75) is 13.3 Å². The molecule has 0 saturated heterocycles. The van der Waals surface area contributed by atoms with Crippen molar-refractivity contribution in [2.24, 2.45) is 0 Å². The van der Waals surface area contributed by atoms with E-state index in [0.29, 0.717) is 17.3 Å². The van der Waals surface area contributed by atoms with E-state index in [4.69, 9.17) is 0 Å². The lowest BCUT2D eigenvalue weighted by molar-refractivity contribution is -0.115. The summed E-state index contributed by atoms with van der Waals surface area (Å²) in [7, 11) is 0. The van der Waals surface area contributed by atoms with E-state index in [2.05, 4.69) is 25.5 Å². The minimum atomic E-state index is -0.144. The highest BCUT2D eigenvalue weighted by Gasteiger charge is 2.10. The van der Waals surface area contributed by atoms with Gasteiger partial charge in [0.2, 0.25) is 5.91 Å². The number of carbonyl (C=O) groups is 1. The summed E-state index contributed by atoms with van der Waals surface area (Å²) in [6, 6.07) is 13.2. The Bertz CT molecular complexity index is 782. The van der Waals surface area contributed by atoms with Crippen LogP contribution >= 0.6 is 0 Å². The topological polar surface area (TPSA) is 83.6 Å². The number of amides is 1. The van der Waals surface area contributed by atoms with Gasteiger partial charge in [-0.1, -0.05) is 18.2 Å². The van der Waals surface area contributed by atoms with Crippen LogP contribution in [0.1, 0.15) is 11.4 Å². The molecule has 0 bridgehead atoms. The van der Waals surface area contributed by atoms with Gasteiger partial charge in [-0.15, -0.1) is 0 Å². The molecule has 2 heterocycles. The normalized spacial score (nSPS) is 10.4. The Kier molecular flexibility index (Phi) is 3.91. The summed E-state index contributed by atoms with van der Waals surface area (Å²) in [5, 5.41) is 9.69. The van der Waals surface area contributed by atoms with E-state index in [-0.39, 0.29) is 12.3 Å². The van der Waals surface area contributed by atoms with Gasteiger partial charge in [-0.05, 0) is 36.8 Å². The number of nitrogens with one attached hydrogen (secondary N) is 2. The molecule has 2 aromatic heterocycles. The predicted molar refractivity (Wildman–Crippen MR) is 83.1 cm³/mol.